The molecule has 0 spiro atoms. The molecule has 1 unspecified atom stereocenters. The lowest BCUT2D eigenvalue weighted by molar-refractivity contribution is -0.133. The number of rotatable bonds is 5. The van der Waals surface area contributed by atoms with Gasteiger partial charge in [-0.3, -0.25) is 19.5 Å². The summed E-state index contributed by atoms with van der Waals surface area (Å²) in [6.45, 7) is 6.56. The van der Waals surface area contributed by atoms with Crippen molar-refractivity contribution in [1.82, 2.24) is 24.4 Å². The van der Waals surface area contributed by atoms with Gasteiger partial charge in [0.1, 0.15) is 0 Å². The largest absolute Gasteiger partial charge is 0.343 e. The fraction of sp³-hybridized carbons (Fsp3) is 0.619. The van der Waals surface area contributed by atoms with E-state index in [0.717, 1.165) is 50.2 Å². The Kier molecular flexibility index (Phi) is 5.43. The van der Waals surface area contributed by atoms with Gasteiger partial charge < -0.3 is 9.80 Å². The van der Waals surface area contributed by atoms with Gasteiger partial charge in [-0.15, -0.1) is 0 Å². The number of likely N-dealkylation sites (tertiary alicyclic amines) is 2. The van der Waals surface area contributed by atoms with Gasteiger partial charge >= 0.3 is 0 Å². The molecule has 156 valence electrons. The molecule has 2 aromatic heterocycles. The number of H-pyrrole nitrogens is 1. The number of aromatic nitrogens is 3. The van der Waals surface area contributed by atoms with Gasteiger partial charge in [-0.1, -0.05) is 0 Å². The third-order valence-corrected chi connectivity index (χ3v) is 6.31. The monoisotopic (exact) mass is 399 g/mol. The average molecular weight is 399 g/mol. The van der Waals surface area contributed by atoms with Crippen molar-refractivity contribution in [3.63, 3.8) is 0 Å². The van der Waals surface area contributed by atoms with Crippen LogP contribution < -0.4 is 5.56 Å². The summed E-state index contributed by atoms with van der Waals surface area (Å²) < 4.78 is 1.51. The van der Waals surface area contributed by atoms with E-state index in [1.807, 2.05) is 22.8 Å². The molecule has 2 aliphatic heterocycles. The van der Waals surface area contributed by atoms with Crippen molar-refractivity contribution in [2.75, 3.05) is 26.2 Å². The molecule has 0 saturated carbocycles. The van der Waals surface area contributed by atoms with Crippen molar-refractivity contribution in [2.24, 2.45) is 0 Å². The van der Waals surface area contributed by atoms with Crippen molar-refractivity contribution >= 4 is 17.5 Å². The van der Waals surface area contributed by atoms with Crippen molar-refractivity contribution in [3.8, 4) is 0 Å². The van der Waals surface area contributed by atoms with E-state index >= 15 is 0 Å². The first-order valence-electron chi connectivity index (χ1n) is 10.6. The van der Waals surface area contributed by atoms with Crippen LogP contribution in [0.2, 0.25) is 0 Å². The molecule has 2 amide bonds. The molecule has 0 aromatic carbocycles. The number of carbonyl (C=O) groups is 2. The van der Waals surface area contributed by atoms with Crippen LogP contribution in [0.1, 0.15) is 61.4 Å². The molecule has 1 atom stereocenters. The molecule has 2 aromatic rings. The lowest BCUT2D eigenvalue weighted by Gasteiger charge is -2.32. The minimum atomic E-state index is -0.0704. The number of nitrogens with one attached hydrogen (secondary N) is 1. The highest BCUT2D eigenvalue weighted by atomic mass is 16.2. The number of piperidine rings is 1. The van der Waals surface area contributed by atoms with Crippen LogP contribution in [0.15, 0.2) is 10.9 Å². The van der Waals surface area contributed by atoms with Gasteiger partial charge in [0.05, 0.1) is 0 Å². The number of amides is 2. The van der Waals surface area contributed by atoms with E-state index in [0.29, 0.717) is 37.1 Å². The van der Waals surface area contributed by atoms with E-state index in [2.05, 4.69) is 10.1 Å². The summed E-state index contributed by atoms with van der Waals surface area (Å²) in [6, 6.07) is 1.94. The first-order chi connectivity index (χ1) is 13.9. The second-order valence-corrected chi connectivity index (χ2v) is 8.30. The Balaban J connectivity index is 1.39. The number of aryl methyl sites for hydroxylation is 1. The highest BCUT2D eigenvalue weighted by molar-refractivity contribution is 5.78. The fourth-order valence-corrected chi connectivity index (χ4v) is 4.42. The molecule has 1 N–H and O–H groups in total. The Hall–Kier alpha value is -2.64. The summed E-state index contributed by atoms with van der Waals surface area (Å²) in [5, 5.41) is 3.21. The van der Waals surface area contributed by atoms with Gasteiger partial charge in [0, 0.05) is 68.0 Å². The lowest BCUT2D eigenvalue weighted by Crippen LogP contribution is -2.39. The molecular weight excluding hydrogens is 370 g/mol. The van der Waals surface area contributed by atoms with Gasteiger partial charge in [0.15, 0.2) is 5.65 Å². The smallest absolute Gasteiger partial charge is 0.275 e. The molecule has 8 heteroatoms. The van der Waals surface area contributed by atoms with E-state index < -0.39 is 0 Å². The van der Waals surface area contributed by atoms with Gasteiger partial charge in [-0.2, -0.15) is 0 Å². The van der Waals surface area contributed by atoms with Crippen LogP contribution in [0.5, 0.6) is 0 Å². The van der Waals surface area contributed by atoms with E-state index in [4.69, 9.17) is 0 Å². The molecule has 8 nitrogen and oxygen atoms in total. The SMILES string of the molecule is Cc1nc2cc(C3CCCN(C(=O)CCCN4CCCC4=O)C3)[nH]n2c(=O)c1C. The zero-order valence-corrected chi connectivity index (χ0v) is 17.2. The number of nitrogens with zero attached hydrogens (tertiary/aromatic N) is 4. The van der Waals surface area contributed by atoms with E-state index in [1.165, 1.54) is 4.52 Å². The Morgan fingerprint density at radius 2 is 2.07 bits per heavy atom. The molecule has 2 aliphatic rings. The lowest BCUT2D eigenvalue weighted by atomic mass is 9.94. The third-order valence-electron chi connectivity index (χ3n) is 6.31. The summed E-state index contributed by atoms with van der Waals surface area (Å²) in [7, 11) is 0. The minimum absolute atomic E-state index is 0.0704. The number of hydrogen-bond donors (Lipinski definition) is 1. The van der Waals surface area contributed by atoms with Gasteiger partial charge in [0.2, 0.25) is 11.8 Å². The summed E-state index contributed by atoms with van der Waals surface area (Å²) in [4.78, 5) is 45.2. The number of carbonyl (C=O) groups excluding carboxylic acids is 2. The van der Waals surface area contributed by atoms with Crippen molar-refractivity contribution < 1.29 is 9.59 Å². The standard InChI is InChI=1S/C21H29N5O3/c1-14-15(2)22-18-12-17(23-26(18)21(14)29)16-6-3-11-25(13-16)20(28)8-5-10-24-9-4-7-19(24)27/h12,16,23H,3-11,13H2,1-2H3. The topological polar surface area (TPSA) is 90.8 Å². The number of aromatic amines is 1. The maximum atomic E-state index is 12.7. The van der Waals surface area contributed by atoms with Crippen LogP contribution in [0.4, 0.5) is 0 Å². The molecule has 0 bridgehead atoms. The summed E-state index contributed by atoms with van der Waals surface area (Å²) in [5.41, 5.74) is 2.91. The van der Waals surface area contributed by atoms with E-state index in [-0.39, 0.29) is 23.3 Å². The number of fused-ring (bicyclic) bond motifs is 1. The zero-order valence-electron chi connectivity index (χ0n) is 17.2. The van der Waals surface area contributed by atoms with Crippen LogP contribution in [0.25, 0.3) is 5.65 Å². The van der Waals surface area contributed by atoms with Crippen LogP contribution in [-0.2, 0) is 9.59 Å². The van der Waals surface area contributed by atoms with Gasteiger partial charge in [0.25, 0.3) is 5.56 Å². The summed E-state index contributed by atoms with van der Waals surface area (Å²) >= 11 is 0. The Labute approximate surface area is 169 Å². The molecule has 2 saturated heterocycles. The molecule has 0 aliphatic carbocycles. The van der Waals surface area contributed by atoms with E-state index in [9.17, 15) is 14.4 Å². The van der Waals surface area contributed by atoms with Crippen LogP contribution in [0, 0.1) is 13.8 Å². The quantitative estimate of drug-likeness (QED) is 0.829. The zero-order chi connectivity index (χ0) is 20.5. The fourth-order valence-electron chi connectivity index (χ4n) is 4.42. The summed E-state index contributed by atoms with van der Waals surface area (Å²) in [5.74, 6) is 0.539. The maximum Gasteiger partial charge on any atom is 0.275 e. The Morgan fingerprint density at radius 3 is 2.83 bits per heavy atom. The Morgan fingerprint density at radius 1 is 1.24 bits per heavy atom. The van der Waals surface area contributed by atoms with Gasteiger partial charge in [-0.25, -0.2) is 9.50 Å². The highest BCUT2D eigenvalue weighted by Crippen LogP contribution is 2.27. The first-order valence-corrected chi connectivity index (χ1v) is 10.6. The van der Waals surface area contributed by atoms with Crippen molar-refractivity contribution in [2.45, 2.75) is 58.3 Å². The first kappa shape index (κ1) is 19.7. The minimum Gasteiger partial charge on any atom is -0.343 e. The molecule has 29 heavy (non-hydrogen) atoms. The van der Waals surface area contributed by atoms with Crippen molar-refractivity contribution in [1.29, 1.82) is 0 Å². The molecule has 2 fully saturated rings. The highest BCUT2D eigenvalue weighted by Gasteiger charge is 2.27. The average Bonchev–Trinajstić information content (AvgIpc) is 3.32. The predicted molar refractivity (Wildman–Crippen MR) is 109 cm³/mol. The maximum absolute atomic E-state index is 12.7. The second-order valence-electron chi connectivity index (χ2n) is 8.30. The number of hydrogen-bond acceptors (Lipinski definition) is 4. The van der Waals surface area contributed by atoms with Crippen LogP contribution >= 0.6 is 0 Å². The summed E-state index contributed by atoms with van der Waals surface area (Å²) in [6.07, 6.45) is 4.69. The normalized spacial score (nSPS) is 20.1. The molecule has 4 heterocycles. The van der Waals surface area contributed by atoms with Crippen LogP contribution in [0.3, 0.4) is 0 Å². The third kappa shape index (κ3) is 3.93. The van der Waals surface area contributed by atoms with Crippen molar-refractivity contribution in [3.05, 3.63) is 33.4 Å². The molecule has 4 rings (SSSR count). The second kappa shape index (κ2) is 8.00. The van der Waals surface area contributed by atoms with E-state index in [1.54, 1.807) is 6.92 Å². The Bertz CT molecular complexity index is 992. The van der Waals surface area contributed by atoms with Crippen LogP contribution in [-0.4, -0.2) is 62.4 Å². The molecule has 0 radical (unpaired) electrons. The molecular formula is C21H29N5O3. The van der Waals surface area contributed by atoms with Gasteiger partial charge in [-0.05, 0) is 39.5 Å². The predicted octanol–water partition coefficient (Wildman–Crippen LogP) is 1.75.